The van der Waals surface area contributed by atoms with E-state index in [1.807, 2.05) is 0 Å². The zero-order valence-electron chi connectivity index (χ0n) is 14.3. The molecule has 2 aromatic heterocycles. The summed E-state index contributed by atoms with van der Waals surface area (Å²) in [7, 11) is -3.39. The van der Waals surface area contributed by atoms with Gasteiger partial charge in [0.15, 0.2) is 9.84 Å². The molecule has 0 bridgehead atoms. The van der Waals surface area contributed by atoms with Gasteiger partial charge in [0, 0.05) is 6.26 Å². The zero-order valence-corrected chi connectivity index (χ0v) is 15.9. The van der Waals surface area contributed by atoms with Crippen molar-refractivity contribution in [3.63, 3.8) is 0 Å². The lowest BCUT2D eigenvalue weighted by Crippen LogP contribution is -2.02. The van der Waals surface area contributed by atoms with E-state index in [-0.39, 0.29) is 4.90 Å². The predicted octanol–water partition coefficient (Wildman–Crippen LogP) is 4.63. The van der Waals surface area contributed by atoms with Crippen LogP contribution in [-0.4, -0.2) is 29.4 Å². The predicted molar refractivity (Wildman–Crippen MR) is 100 cm³/mol. The summed E-state index contributed by atoms with van der Waals surface area (Å²) in [6.07, 6.45) is -1.71. The van der Waals surface area contributed by atoms with Crippen LogP contribution >= 0.6 is 11.3 Å². The van der Waals surface area contributed by atoms with E-state index in [9.17, 15) is 21.6 Å². The zero-order chi connectivity index (χ0) is 20.1. The molecule has 5 nitrogen and oxygen atoms in total. The third kappa shape index (κ3) is 3.40. The van der Waals surface area contributed by atoms with Gasteiger partial charge in [0.05, 0.1) is 20.8 Å². The Balaban J connectivity index is 1.87. The second-order valence-electron chi connectivity index (χ2n) is 6.06. The van der Waals surface area contributed by atoms with Crippen LogP contribution in [0.4, 0.5) is 13.2 Å². The van der Waals surface area contributed by atoms with Gasteiger partial charge in [-0.25, -0.2) is 31.3 Å². The van der Waals surface area contributed by atoms with Gasteiger partial charge >= 0.3 is 0 Å². The summed E-state index contributed by atoms with van der Waals surface area (Å²) in [5, 5.41) is 4.34. The van der Waals surface area contributed by atoms with Crippen molar-refractivity contribution in [3.05, 3.63) is 60.0 Å². The number of hydrogen-bond donors (Lipinski definition) is 0. The van der Waals surface area contributed by atoms with Crippen molar-refractivity contribution < 1.29 is 21.6 Å². The van der Waals surface area contributed by atoms with E-state index in [1.165, 1.54) is 53.2 Å². The first-order valence-corrected chi connectivity index (χ1v) is 10.7. The SMILES string of the molecule is CS(=O)(=O)c1ccc(-n2nc(C(F)F)cc2-c2nc3ccc(F)cc3s2)cc1. The van der Waals surface area contributed by atoms with Crippen molar-refractivity contribution in [1.29, 1.82) is 0 Å². The molecular formula is C18H12F3N3O2S2. The molecule has 0 aliphatic rings. The molecule has 0 unspecified atom stereocenters. The van der Waals surface area contributed by atoms with E-state index >= 15 is 0 Å². The average molecular weight is 423 g/mol. The molecule has 2 heterocycles. The van der Waals surface area contributed by atoms with E-state index in [0.29, 0.717) is 26.6 Å². The van der Waals surface area contributed by atoms with Crippen LogP contribution in [0.25, 0.3) is 26.6 Å². The molecule has 0 saturated carbocycles. The summed E-state index contributed by atoms with van der Waals surface area (Å²) < 4.78 is 65.1. The van der Waals surface area contributed by atoms with Crippen LogP contribution < -0.4 is 0 Å². The van der Waals surface area contributed by atoms with Crippen molar-refractivity contribution in [1.82, 2.24) is 14.8 Å². The molecule has 0 radical (unpaired) electrons. The van der Waals surface area contributed by atoms with Crippen LogP contribution in [0.1, 0.15) is 12.1 Å². The van der Waals surface area contributed by atoms with E-state index in [4.69, 9.17) is 0 Å². The number of sulfone groups is 1. The second-order valence-corrected chi connectivity index (χ2v) is 9.11. The highest BCUT2D eigenvalue weighted by molar-refractivity contribution is 7.90. The quantitative estimate of drug-likeness (QED) is 0.480. The number of rotatable bonds is 4. The molecular weight excluding hydrogens is 411 g/mol. The Morgan fingerprint density at radius 2 is 1.79 bits per heavy atom. The molecule has 10 heteroatoms. The number of hydrogen-bond acceptors (Lipinski definition) is 5. The Hall–Kier alpha value is -2.72. The average Bonchev–Trinajstić information content (AvgIpc) is 3.24. The standard InChI is InChI=1S/C18H12F3N3O2S2/c1-28(25,26)12-5-3-11(4-6-12)24-15(9-14(23-24)17(20)21)18-22-13-7-2-10(19)8-16(13)27-18/h2-9,17H,1H3. The first-order valence-electron chi connectivity index (χ1n) is 7.97. The van der Waals surface area contributed by atoms with Crippen LogP contribution in [0.5, 0.6) is 0 Å². The molecule has 4 aromatic rings. The molecule has 28 heavy (non-hydrogen) atoms. The fourth-order valence-corrected chi connectivity index (χ4v) is 4.32. The fraction of sp³-hybridized carbons (Fsp3) is 0.111. The van der Waals surface area contributed by atoms with Gasteiger partial charge in [-0.05, 0) is 48.5 Å². The molecule has 0 atom stereocenters. The molecule has 2 aromatic carbocycles. The summed E-state index contributed by atoms with van der Waals surface area (Å²) >= 11 is 1.15. The summed E-state index contributed by atoms with van der Waals surface area (Å²) in [6.45, 7) is 0. The van der Waals surface area contributed by atoms with Gasteiger partial charge in [0.25, 0.3) is 6.43 Å². The third-order valence-corrected chi connectivity index (χ3v) is 6.20. The molecule has 0 aliphatic carbocycles. The highest BCUT2D eigenvalue weighted by Gasteiger charge is 2.20. The van der Waals surface area contributed by atoms with E-state index in [1.54, 1.807) is 0 Å². The van der Waals surface area contributed by atoms with Crippen LogP contribution in [0, 0.1) is 5.82 Å². The summed E-state index contributed by atoms with van der Waals surface area (Å²) in [5.74, 6) is -0.416. The second kappa shape index (κ2) is 6.71. The monoisotopic (exact) mass is 423 g/mol. The maximum absolute atomic E-state index is 13.4. The van der Waals surface area contributed by atoms with E-state index in [2.05, 4.69) is 10.1 Å². The van der Waals surface area contributed by atoms with Crippen LogP contribution in [0.3, 0.4) is 0 Å². The smallest absolute Gasteiger partial charge is 0.234 e. The van der Waals surface area contributed by atoms with Gasteiger partial charge in [0.2, 0.25) is 0 Å². The minimum Gasteiger partial charge on any atom is -0.234 e. The van der Waals surface area contributed by atoms with Gasteiger partial charge in [0.1, 0.15) is 22.2 Å². The highest BCUT2D eigenvalue weighted by atomic mass is 32.2. The maximum atomic E-state index is 13.4. The number of benzene rings is 2. The molecule has 0 fully saturated rings. The number of fused-ring (bicyclic) bond motifs is 1. The van der Waals surface area contributed by atoms with Gasteiger partial charge in [-0.1, -0.05) is 0 Å². The molecule has 0 spiro atoms. The van der Waals surface area contributed by atoms with Gasteiger partial charge in [-0.15, -0.1) is 11.3 Å². The first-order chi connectivity index (χ1) is 13.2. The summed E-state index contributed by atoms with van der Waals surface area (Å²) in [5.41, 5.74) is 0.816. The molecule has 0 aliphatic heterocycles. The third-order valence-electron chi connectivity index (χ3n) is 4.03. The van der Waals surface area contributed by atoms with Crippen LogP contribution in [0.15, 0.2) is 53.4 Å². The number of thiazole rings is 1. The topological polar surface area (TPSA) is 64.8 Å². The summed E-state index contributed by atoms with van der Waals surface area (Å²) in [4.78, 5) is 4.50. The highest BCUT2D eigenvalue weighted by Crippen LogP contribution is 2.34. The van der Waals surface area contributed by atoms with Crippen molar-refractivity contribution in [2.45, 2.75) is 11.3 Å². The minimum absolute atomic E-state index is 0.106. The number of aromatic nitrogens is 3. The lowest BCUT2D eigenvalue weighted by Gasteiger charge is -2.06. The van der Waals surface area contributed by atoms with E-state index < -0.39 is 27.8 Å². The van der Waals surface area contributed by atoms with Gasteiger partial charge < -0.3 is 0 Å². The van der Waals surface area contributed by atoms with Crippen molar-refractivity contribution >= 4 is 31.4 Å². The fourth-order valence-electron chi connectivity index (χ4n) is 2.70. The van der Waals surface area contributed by atoms with Crippen molar-refractivity contribution in [2.75, 3.05) is 6.26 Å². The Bertz CT molecular complexity index is 1280. The molecule has 4 rings (SSSR count). The Labute approximate surface area is 162 Å². The van der Waals surface area contributed by atoms with Crippen molar-refractivity contribution in [3.8, 4) is 16.4 Å². The molecule has 144 valence electrons. The number of alkyl halides is 2. The van der Waals surface area contributed by atoms with E-state index in [0.717, 1.165) is 17.6 Å². The lowest BCUT2D eigenvalue weighted by atomic mass is 10.3. The molecule has 0 N–H and O–H groups in total. The Kier molecular flexibility index (Phi) is 4.47. The normalized spacial score (nSPS) is 12.2. The Morgan fingerprint density at radius 1 is 1.07 bits per heavy atom. The van der Waals surface area contributed by atoms with Gasteiger partial charge in [-0.3, -0.25) is 0 Å². The largest absolute Gasteiger partial charge is 0.282 e. The molecule has 0 amide bonds. The van der Waals surface area contributed by atoms with Gasteiger partial charge in [-0.2, -0.15) is 5.10 Å². The Morgan fingerprint density at radius 3 is 2.43 bits per heavy atom. The minimum atomic E-state index is -3.39. The van der Waals surface area contributed by atoms with Crippen molar-refractivity contribution in [2.24, 2.45) is 0 Å². The summed E-state index contributed by atoms with van der Waals surface area (Å²) in [6, 6.07) is 11.1. The first kappa shape index (κ1) is 18.6. The van der Waals surface area contributed by atoms with Crippen LogP contribution in [0.2, 0.25) is 0 Å². The van der Waals surface area contributed by atoms with Crippen LogP contribution in [-0.2, 0) is 9.84 Å². The number of nitrogens with zero attached hydrogens (tertiary/aromatic N) is 3. The lowest BCUT2D eigenvalue weighted by molar-refractivity contribution is 0.145. The maximum Gasteiger partial charge on any atom is 0.282 e. The number of halogens is 3. The molecule has 0 saturated heterocycles.